The number of hydrogen-bond donors (Lipinski definition) is 1. The van der Waals surface area contributed by atoms with Crippen LogP contribution in [0.5, 0.6) is 0 Å². The lowest BCUT2D eigenvalue weighted by Gasteiger charge is -2.25. The molecule has 0 atom stereocenters. The van der Waals surface area contributed by atoms with Gasteiger partial charge in [0.1, 0.15) is 22.6 Å². The highest BCUT2D eigenvalue weighted by molar-refractivity contribution is 7.16. The van der Waals surface area contributed by atoms with E-state index in [1.807, 2.05) is 36.4 Å². The smallest absolute Gasteiger partial charge is 0.410 e. The molecule has 4 rings (SSSR count). The summed E-state index contributed by atoms with van der Waals surface area (Å²) in [6.45, 7) is 2.92. The highest BCUT2D eigenvalue weighted by Gasteiger charge is 2.27. The first-order chi connectivity index (χ1) is 15.6. The van der Waals surface area contributed by atoms with Crippen molar-refractivity contribution in [2.24, 2.45) is 0 Å². The van der Waals surface area contributed by atoms with Crippen molar-refractivity contribution in [1.29, 1.82) is 5.26 Å². The molecule has 0 fully saturated rings. The van der Waals surface area contributed by atoms with E-state index < -0.39 is 0 Å². The van der Waals surface area contributed by atoms with E-state index in [-0.39, 0.29) is 12.0 Å². The number of ether oxygens (including phenoxy) is 1. The second-order valence-electron chi connectivity index (χ2n) is 7.08. The Hall–Kier alpha value is -3.83. The van der Waals surface area contributed by atoms with Crippen LogP contribution < -0.4 is 5.32 Å². The van der Waals surface area contributed by atoms with Crippen molar-refractivity contribution in [3.63, 3.8) is 0 Å². The molecule has 8 heteroatoms. The zero-order chi connectivity index (χ0) is 22.5. The van der Waals surface area contributed by atoms with Crippen molar-refractivity contribution in [2.45, 2.75) is 19.9 Å². The van der Waals surface area contributed by atoms with Crippen LogP contribution in [0.25, 0.3) is 17.4 Å². The van der Waals surface area contributed by atoms with Gasteiger partial charge in [-0.3, -0.25) is 4.79 Å². The fraction of sp³-hybridized carbons (Fsp3) is 0.208. The molecule has 0 spiro atoms. The van der Waals surface area contributed by atoms with Gasteiger partial charge in [0.05, 0.1) is 18.7 Å². The quantitative estimate of drug-likeness (QED) is 0.553. The van der Waals surface area contributed by atoms with Crippen LogP contribution in [0.3, 0.4) is 0 Å². The number of furan rings is 1. The number of benzene rings is 1. The van der Waals surface area contributed by atoms with E-state index in [1.54, 1.807) is 24.0 Å². The summed E-state index contributed by atoms with van der Waals surface area (Å²) in [4.78, 5) is 27.0. The lowest BCUT2D eigenvalue weighted by Crippen LogP contribution is -2.35. The van der Waals surface area contributed by atoms with E-state index in [1.165, 1.54) is 17.4 Å². The van der Waals surface area contributed by atoms with Crippen molar-refractivity contribution >= 4 is 34.4 Å². The predicted octanol–water partition coefficient (Wildman–Crippen LogP) is 5.05. The Balaban J connectivity index is 1.44. The van der Waals surface area contributed by atoms with Crippen LogP contribution in [0.2, 0.25) is 0 Å². The first-order valence-corrected chi connectivity index (χ1v) is 11.0. The van der Waals surface area contributed by atoms with Crippen LogP contribution in [0.15, 0.2) is 53.0 Å². The number of hydrogen-bond acceptors (Lipinski definition) is 6. The summed E-state index contributed by atoms with van der Waals surface area (Å²) in [5, 5.41) is 12.9. The molecule has 0 aliphatic carbocycles. The number of nitriles is 1. The number of carbonyl (C=O) groups excluding carboxylic acids is 2. The van der Waals surface area contributed by atoms with Crippen molar-refractivity contribution in [3.05, 3.63) is 70.3 Å². The minimum atomic E-state index is -0.369. The van der Waals surface area contributed by atoms with Gasteiger partial charge in [0, 0.05) is 23.1 Å². The lowest BCUT2D eigenvalue weighted by molar-refractivity contribution is -0.111. The standard InChI is InChI=1S/C24H21N3O4S/c1-2-30-24(29)27-13-12-18-19(14-25)23(32-21(18)15-27)26-22(28)11-9-17-8-10-20(31-17)16-6-4-3-5-7-16/h3-11H,2,12-13,15H2,1H3,(H,26,28)/b11-9+. The van der Waals surface area contributed by atoms with Crippen LogP contribution in [-0.4, -0.2) is 30.1 Å². The average Bonchev–Trinajstić information content (AvgIpc) is 3.42. The first-order valence-electron chi connectivity index (χ1n) is 10.2. The van der Waals surface area contributed by atoms with E-state index in [4.69, 9.17) is 9.15 Å². The maximum absolute atomic E-state index is 12.5. The summed E-state index contributed by atoms with van der Waals surface area (Å²) in [5.74, 6) is 0.907. The Morgan fingerprint density at radius 1 is 1.28 bits per heavy atom. The molecule has 2 amide bonds. The average molecular weight is 448 g/mol. The lowest BCUT2D eigenvalue weighted by atomic mass is 10.0. The molecule has 1 aliphatic heterocycles. The number of carbonyl (C=O) groups is 2. The molecule has 162 valence electrons. The van der Waals surface area contributed by atoms with Gasteiger partial charge in [-0.15, -0.1) is 11.3 Å². The Bertz CT molecular complexity index is 1200. The van der Waals surface area contributed by atoms with Gasteiger partial charge in [0.2, 0.25) is 5.91 Å². The molecule has 1 aliphatic rings. The Labute approximate surface area is 189 Å². The number of fused-ring (bicyclic) bond motifs is 1. The van der Waals surface area contributed by atoms with Gasteiger partial charge < -0.3 is 19.4 Å². The predicted molar refractivity (Wildman–Crippen MR) is 122 cm³/mol. The van der Waals surface area contributed by atoms with Crippen LogP contribution in [0.1, 0.15) is 28.7 Å². The largest absolute Gasteiger partial charge is 0.457 e. The van der Waals surface area contributed by atoms with Gasteiger partial charge in [0.25, 0.3) is 0 Å². The molecule has 1 aromatic carbocycles. The molecule has 0 saturated heterocycles. The van der Waals surface area contributed by atoms with E-state index in [0.29, 0.717) is 42.4 Å². The topological polar surface area (TPSA) is 95.6 Å². The van der Waals surface area contributed by atoms with Gasteiger partial charge in [-0.05, 0) is 37.1 Å². The number of rotatable bonds is 5. The molecular formula is C24H21N3O4S. The Kier molecular flexibility index (Phi) is 6.38. The third-order valence-corrected chi connectivity index (χ3v) is 6.15. The number of amides is 2. The maximum Gasteiger partial charge on any atom is 0.410 e. The molecule has 7 nitrogen and oxygen atoms in total. The molecule has 32 heavy (non-hydrogen) atoms. The SMILES string of the molecule is CCOC(=O)N1CCc2c(sc(NC(=O)/C=C/c3ccc(-c4ccccc4)o3)c2C#N)C1. The van der Waals surface area contributed by atoms with Gasteiger partial charge in [-0.1, -0.05) is 30.3 Å². The Morgan fingerprint density at radius 3 is 2.84 bits per heavy atom. The maximum atomic E-state index is 12.5. The second kappa shape index (κ2) is 9.54. The summed E-state index contributed by atoms with van der Waals surface area (Å²) < 4.78 is 10.8. The zero-order valence-electron chi connectivity index (χ0n) is 17.5. The fourth-order valence-electron chi connectivity index (χ4n) is 3.49. The third-order valence-electron chi connectivity index (χ3n) is 5.02. The summed E-state index contributed by atoms with van der Waals surface area (Å²) in [6, 6.07) is 15.5. The molecule has 1 N–H and O–H groups in total. The van der Waals surface area contributed by atoms with Crippen LogP contribution in [-0.2, 0) is 22.5 Å². The normalized spacial score (nSPS) is 12.9. The molecule has 3 aromatic rings. The number of nitrogens with one attached hydrogen (secondary N) is 1. The molecule has 0 saturated carbocycles. The summed E-state index contributed by atoms with van der Waals surface area (Å²) in [6.07, 6.45) is 3.14. The summed E-state index contributed by atoms with van der Waals surface area (Å²) in [7, 11) is 0. The van der Waals surface area contributed by atoms with Crippen molar-refractivity contribution < 1.29 is 18.7 Å². The summed E-state index contributed by atoms with van der Waals surface area (Å²) >= 11 is 1.32. The zero-order valence-corrected chi connectivity index (χ0v) is 18.3. The third kappa shape index (κ3) is 4.58. The van der Waals surface area contributed by atoms with Crippen LogP contribution in [0.4, 0.5) is 9.80 Å². The summed E-state index contributed by atoms with van der Waals surface area (Å²) in [5.41, 5.74) is 2.30. The fourth-order valence-corrected chi connectivity index (χ4v) is 4.71. The van der Waals surface area contributed by atoms with Crippen molar-refractivity contribution in [3.8, 4) is 17.4 Å². The first kappa shape index (κ1) is 21.4. The van der Waals surface area contributed by atoms with E-state index in [0.717, 1.165) is 21.8 Å². The number of thiophene rings is 1. The van der Waals surface area contributed by atoms with E-state index >= 15 is 0 Å². The molecule has 3 heterocycles. The van der Waals surface area contributed by atoms with E-state index in [2.05, 4.69) is 11.4 Å². The second-order valence-corrected chi connectivity index (χ2v) is 8.19. The highest BCUT2D eigenvalue weighted by atomic mass is 32.1. The molecule has 0 radical (unpaired) electrons. The van der Waals surface area contributed by atoms with Crippen molar-refractivity contribution in [2.75, 3.05) is 18.5 Å². The van der Waals surface area contributed by atoms with Gasteiger partial charge in [-0.25, -0.2) is 4.79 Å². The van der Waals surface area contributed by atoms with E-state index in [9.17, 15) is 14.9 Å². The molecule has 0 unspecified atom stereocenters. The highest BCUT2D eigenvalue weighted by Crippen LogP contribution is 2.36. The number of nitrogens with zero attached hydrogens (tertiary/aromatic N) is 2. The minimum absolute atomic E-state index is 0.312. The van der Waals surface area contributed by atoms with Gasteiger partial charge in [0.15, 0.2) is 0 Å². The Morgan fingerprint density at radius 2 is 2.09 bits per heavy atom. The molecule has 0 bridgehead atoms. The molecule has 2 aromatic heterocycles. The van der Waals surface area contributed by atoms with Crippen LogP contribution in [0, 0.1) is 11.3 Å². The van der Waals surface area contributed by atoms with Crippen LogP contribution >= 0.6 is 11.3 Å². The molecular weight excluding hydrogens is 426 g/mol. The number of anilines is 1. The van der Waals surface area contributed by atoms with Gasteiger partial charge in [-0.2, -0.15) is 5.26 Å². The van der Waals surface area contributed by atoms with Crippen molar-refractivity contribution in [1.82, 2.24) is 4.90 Å². The van der Waals surface area contributed by atoms with Gasteiger partial charge >= 0.3 is 6.09 Å². The minimum Gasteiger partial charge on any atom is -0.457 e. The monoisotopic (exact) mass is 447 g/mol.